The highest BCUT2D eigenvalue weighted by Gasteiger charge is 2.17. The standard InChI is InChI=1S/C51H29N3O3/c1-2-10-30(11-3-1)49-52-50(54-51(53-49)36-20-22-39-37-16-4-6-18-43(37)55-46(39)27-36)35-15-9-14-33(25-35)31-12-8-13-32(24-31)34-21-23-45-40(26-34)42-29-47-41(28-48(42)57-45)38-17-5-7-19-44(38)56-47/h1-29H. The Morgan fingerprint density at radius 3 is 1.30 bits per heavy atom. The van der Waals surface area contributed by atoms with Gasteiger partial charge in [0.05, 0.1) is 0 Å². The van der Waals surface area contributed by atoms with Crippen molar-refractivity contribution in [3.63, 3.8) is 0 Å². The Bertz CT molecular complexity index is 3540. The van der Waals surface area contributed by atoms with E-state index in [0.717, 1.165) is 105 Å². The van der Waals surface area contributed by atoms with Crippen LogP contribution in [0.25, 0.3) is 122 Å². The molecular weight excluding hydrogens is 703 g/mol. The summed E-state index contributed by atoms with van der Waals surface area (Å²) in [5.74, 6) is 1.78. The first-order chi connectivity index (χ1) is 28.2. The molecule has 266 valence electrons. The zero-order chi connectivity index (χ0) is 37.5. The Morgan fingerprint density at radius 2 is 0.632 bits per heavy atom. The average Bonchev–Trinajstić information content (AvgIpc) is 3.96. The van der Waals surface area contributed by atoms with Crippen molar-refractivity contribution in [3.05, 3.63) is 176 Å². The number of furan rings is 3. The molecule has 0 saturated heterocycles. The monoisotopic (exact) mass is 731 g/mol. The molecule has 6 heteroatoms. The molecule has 0 N–H and O–H groups in total. The number of para-hydroxylation sites is 2. The maximum absolute atomic E-state index is 6.36. The molecule has 0 atom stereocenters. The van der Waals surface area contributed by atoms with E-state index in [9.17, 15) is 0 Å². The summed E-state index contributed by atoms with van der Waals surface area (Å²) in [6, 6.07) is 60.1. The van der Waals surface area contributed by atoms with Gasteiger partial charge >= 0.3 is 0 Å². The molecule has 6 nitrogen and oxygen atoms in total. The van der Waals surface area contributed by atoms with Gasteiger partial charge in [-0.15, -0.1) is 0 Å². The van der Waals surface area contributed by atoms with Crippen LogP contribution >= 0.6 is 0 Å². The minimum atomic E-state index is 0.580. The summed E-state index contributed by atoms with van der Waals surface area (Å²) in [6.45, 7) is 0. The van der Waals surface area contributed by atoms with Gasteiger partial charge in [0.25, 0.3) is 0 Å². The third-order valence-electron chi connectivity index (χ3n) is 10.9. The molecule has 0 aliphatic carbocycles. The second-order valence-corrected chi connectivity index (χ2v) is 14.4. The fraction of sp³-hybridized carbons (Fsp3) is 0. The van der Waals surface area contributed by atoms with Gasteiger partial charge in [-0.3, -0.25) is 0 Å². The maximum atomic E-state index is 6.36. The van der Waals surface area contributed by atoms with Gasteiger partial charge in [0, 0.05) is 49.0 Å². The Labute approximate surface area is 325 Å². The van der Waals surface area contributed by atoms with Gasteiger partial charge in [0.1, 0.15) is 33.5 Å². The number of rotatable bonds is 5. The molecule has 8 aromatic carbocycles. The van der Waals surface area contributed by atoms with Gasteiger partial charge in [0.15, 0.2) is 17.5 Å². The molecule has 4 heterocycles. The first kappa shape index (κ1) is 31.5. The zero-order valence-electron chi connectivity index (χ0n) is 30.3. The van der Waals surface area contributed by atoms with Crippen LogP contribution in [0.15, 0.2) is 189 Å². The van der Waals surface area contributed by atoms with Crippen LogP contribution < -0.4 is 0 Å². The molecule has 0 radical (unpaired) electrons. The molecule has 12 rings (SSSR count). The van der Waals surface area contributed by atoms with Gasteiger partial charge < -0.3 is 13.3 Å². The highest BCUT2D eigenvalue weighted by atomic mass is 16.3. The van der Waals surface area contributed by atoms with E-state index in [-0.39, 0.29) is 0 Å². The smallest absolute Gasteiger partial charge is 0.164 e. The van der Waals surface area contributed by atoms with Crippen molar-refractivity contribution in [2.45, 2.75) is 0 Å². The summed E-state index contributed by atoms with van der Waals surface area (Å²) in [5.41, 5.74) is 12.1. The van der Waals surface area contributed by atoms with Gasteiger partial charge in [0.2, 0.25) is 0 Å². The van der Waals surface area contributed by atoms with Crippen LogP contribution in [0.1, 0.15) is 0 Å². The lowest BCUT2D eigenvalue weighted by Gasteiger charge is -2.10. The van der Waals surface area contributed by atoms with E-state index in [4.69, 9.17) is 28.2 Å². The van der Waals surface area contributed by atoms with E-state index < -0.39 is 0 Å². The molecule has 4 aromatic heterocycles. The first-order valence-corrected chi connectivity index (χ1v) is 18.9. The Morgan fingerprint density at radius 1 is 0.228 bits per heavy atom. The van der Waals surface area contributed by atoms with Crippen LogP contribution in [-0.4, -0.2) is 15.0 Å². The molecule has 0 fully saturated rings. The van der Waals surface area contributed by atoms with Gasteiger partial charge in [-0.05, 0) is 82.9 Å². The van der Waals surface area contributed by atoms with Crippen molar-refractivity contribution >= 4 is 65.8 Å². The predicted molar refractivity (Wildman–Crippen MR) is 229 cm³/mol. The SMILES string of the molecule is c1ccc(-c2nc(-c3cccc(-c4cccc(-c5ccc6oc7cc8c(cc7c6c5)oc5ccccc58)c4)c3)nc(-c3ccc4c(c3)oc3ccccc34)n2)cc1. The molecular formula is C51H29N3O3. The van der Waals surface area contributed by atoms with Crippen molar-refractivity contribution in [2.24, 2.45) is 0 Å². The number of hydrogen-bond acceptors (Lipinski definition) is 6. The quantitative estimate of drug-likeness (QED) is 0.175. The van der Waals surface area contributed by atoms with E-state index in [1.165, 1.54) is 0 Å². The summed E-state index contributed by atoms with van der Waals surface area (Å²) >= 11 is 0. The summed E-state index contributed by atoms with van der Waals surface area (Å²) in [7, 11) is 0. The van der Waals surface area contributed by atoms with Crippen molar-refractivity contribution in [1.82, 2.24) is 15.0 Å². The molecule has 57 heavy (non-hydrogen) atoms. The van der Waals surface area contributed by atoms with E-state index in [1.807, 2.05) is 72.8 Å². The van der Waals surface area contributed by atoms with Crippen LogP contribution in [0.3, 0.4) is 0 Å². The summed E-state index contributed by atoms with van der Waals surface area (Å²) in [5, 5.41) is 6.37. The molecule has 0 unspecified atom stereocenters. The van der Waals surface area contributed by atoms with Gasteiger partial charge in [-0.25, -0.2) is 15.0 Å². The normalized spacial score (nSPS) is 11.9. The van der Waals surface area contributed by atoms with Crippen LogP contribution in [-0.2, 0) is 0 Å². The fourth-order valence-corrected chi connectivity index (χ4v) is 8.11. The van der Waals surface area contributed by atoms with Crippen molar-refractivity contribution in [3.8, 4) is 56.4 Å². The van der Waals surface area contributed by atoms with Crippen molar-refractivity contribution in [1.29, 1.82) is 0 Å². The molecule has 0 saturated carbocycles. The topological polar surface area (TPSA) is 78.1 Å². The number of benzene rings is 8. The second-order valence-electron chi connectivity index (χ2n) is 14.4. The van der Waals surface area contributed by atoms with Crippen LogP contribution in [0.5, 0.6) is 0 Å². The molecule has 0 aliphatic rings. The summed E-state index contributed by atoms with van der Waals surface area (Å²) in [6.07, 6.45) is 0. The molecule has 0 spiro atoms. The largest absolute Gasteiger partial charge is 0.456 e. The number of nitrogens with zero attached hydrogens (tertiary/aromatic N) is 3. The highest BCUT2D eigenvalue weighted by molar-refractivity contribution is 6.15. The highest BCUT2D eigenvalue weighted by Crippen LogP contribution is 2.39. The zero-order valence-corrected chi connectivity index (χ0v) is 30.3. The lowest BCUT2D eigenvalue weighted by molar-refractivity contribution is 0.664. The Kier molecular flexibility index (Phi) is 6.83. The van der Waals surface area contributed by atoms with Crippen molar-refractivity contribution in [2.75, 3.05) is 0 Å². The minimum Gasteiger partial charge on any atom is -0.456 e. The Balaban J connectivity index is 0.933. The van der Waals surface area contributed by atoms with Crippen LogP contribution in [0, 0.1) is 0 Å². The van der Waals surface area contributed by atoms with Gasteiger partial charge in [-0.2, -0.15) is 0 Å². The Hall–Kier alpha value is -7.83. The average molecular weight is 732 g/mol. The predicted octanol–water partition coefficient (Wildman–Crippen LogP) is 13.9. The molecule has 0 amide bonds. The third-order valence-corrected chi connectivity index (χ3v) is 10.9. The molecule has 0 bridgehead atoms. The van der Waals surface area contributed by atoms with E-state index in [2.05, 4.69) is 103 Å². The van der Waals surface area contributed by atoms with Crippen LogP contribution in [0.2, 0.25) is 0 Å². The molecule has 12 aromatic rings. The minimum absolute atomic E-state index is 0.580. The fourth-order valence-electron chi connectivity index (χ4n) is 8.11. The van der Waals surface area contributed by atoms with Crippen LogP contribution in [0.4, 0.5) is 0 Å². The molecule has 0 aliphatic heterocycles. The number of aromatic nitrogens is 3. The first-order valence-electron chi connectivity index (χ1n) is 18.9. The van der Waals surface area contributed by atoms with E-state index in [0.29, 0.717) is 17.5 Å². The number of fused-ring (bicyclic) bond motifs is 9. The number of hydrogen-bond donors (Lipinski definition) is 0. The summed E-state index contributed by atoms with van der Waals surface area (Å²) < 4.78 is 18.8. The third kappa shape index (κ3) is 5.23. The van der Waals surface area contributed by atoms with Crippen molar-refractivity contribution < 1.29 is 13.3 Å². The van der Waals surface area contributed by atoms with E-state index in [1.54, 1.807) is 0 Å². The summed E-state index contributed by atoms with van der Waals surface area (Å²) in [4.78, 5) is 15.0. The maximum Gasteiger partial charge on any atom is 0.164 e. The lowest BCUT2D eigenvalue weighted by atomic mass is 9.97. The lowest BCUT2D eigenvalue weighted by Crippen LogP contribution is -2.00. The van der Waals surface area contributed by atoms with Gasteiger partial charge in [-0.1, -0.05) is 115 Å². The van der Waals surface area contributed by atoms with E-state index >= 15 is 0 Å². The second kappa shape index (κ2) is 12.3.